The summed E-state index contributed by atoms with van der Waals surface area (Å²) in [5.74, 6) is -0.170. The Morgan fingerprint density at radius 1 is 0.950 bits per heavy atom. The second-order valence-electron chi connectivity index (χ2n) is 4.51. The molecule has 100 valence electrons. The Morgan fingerprint density at radius 3 is 2.55 bits per heavy atom. The average molecular weight is 283 g/mol. The lowest BCUT2D eigenvalue weighted by molar-refractivity contribution is 0.631. The van der Waals surface area contributed by atoms with Crippen molar-refractivity contribution in [3.05, 3.63) is 77.4 Å². The minimum absolute atomic E-state index is 0.170. The SMILES string of the molecule is Fc1ccc(CNc2ccccc2)cc1-c1cccs1. The Kier molecular flexibility index (Phi) is 3.79. The first kappa shape index (κ1) is 12.9. The molecule has 3 rings (SSSR count). The van der Waals surface area contributed by atoms with Crippen molar-refractivity contribution in [1.29, 1.82) is 0 Å². The molecule has 0 atom stereocenters. The zero-order valence-corrected chi connectivity index (χ0v) is 11.7. The van der Waals surface area contributed by atoms with Crippen LogP contribution in [0.2, 0.25) is 0 Å². The molecule has 1 heterocycles. The van der Waals surface area contributed by atoms with E-state index >= 15 is 0 Å². The summed E-state index contributed by atoms with van der Waals surface area (Å²) in [5, 5.41) is 5.30. The van der Waals surface area contributed by atoms with E-state index in [0.717, 1.165) is 16.1 Å². The fourth-order valence-corrected chi connectivity index (χ4v) is 2.81. The van der Waals surface area contributed by atoms with Crippen molar-refractivity contribution in [2.24, 2.45) is 0 Å². The molecule has 2 aromatic carbocycles. The van der Waals surface area contributed by atoms with Crippen LogP contribution in [0.3, 0.4) is 0 Å². The highest BCUT2D eigenvalue weighted by molar-refractivity contribution is 7.13. The molecule has 0 fully saturated rings. The third kappa shape index (κ3) is 2.89. The fourth-order valence-electron chi connectivity index (χ4n) is 2.06. The van der Waals surface area contributed by atoms with Gasteiger partial charge in [0.15, 0.2) is 0 Å². The van der Waals surface area contributed by atoms with Gasteiger partial charge in [-0.05, 0) is 41.3 Å². The van der Waals surface area contributed by atoms with Crippen LogP contribution in [0.1, 0.15) is 5.56 Å². The van der Waals surface area contributed by atoms with Crippen molar-refractivity contribution in [1.82, 2.24) is 0 Å². The molecule has 0 aliphatic heterocycles. The lowest BCUT2D eigenvalue weighted by Gasteiger charge is -2.08. The number of rotatable bonds is 4. The van der Waals surface area contributed by atoms with E-state index in [1.54, 1.807) is 11.3 Å². The van der Waals surface area contributed by atoms with E-state index in [1.165, 1.54) is 6.07 Å². The Hall–Kier alpha value is -2.13. The van der Waals surface area contributed by atoms with Crippen LogP contribution in [0.15, 0.2) is 66.0 Å². The lowest BCUT2D eigenvalue weighted by Crippen LogP contribution is -1.99. The monoisotopic (exact) mass is 283 g/mol. The van der Waals surface area contributed by atoms with Crippen LogP contribution in [0.25, 0.3) is 10.4 Å². The number of halogens is 1. The highest BCUT2D eigenvalue weighted by atomic mass is 32.1. The van der Waals surface area contributed by atoms with Crippen LogP contribution < -0.4 is 5.32 Å². The smallest absolute Gasteiger partial charge is 0.131 e. The van der Waals surface area contributed by atoms with E-state index in [-0.39, 0.29) is 5.82 Å². The average Bonchev–Trinajstić information content (AvgIpc) is 3.01. The maximum atomic E-state index is 13.9. The third-order valence-electron chi connectivity index (χ3n) is 3.09. The molecule has 0 radical (unpaired) electrons. The zero-order valence-electron chi connectivity index (χ0n) is 10.8. The molecule has 1 aromatic heterocycles. The number of anilines is 1. The molecule has 0 aliphatic carbocycles. The van der Waals surface area contributed by atoms with Crippen LogP contribution in [-0.2, 0) is 6.54 Å². The number of thiophene rings is 1. The number of para-hydroxylation sites is 1. The summed E-state index contributed by atoms with van der Waals surface area (Å²) < 4.78 is 13.9. The minimum atomic E-state index is -0.170. The quantitative estimate of drug-likeness (QED) is 0.697. The Morgan fingerprint density at radius 2 is 1.80 bits per heavy atom. The maximum absolute atomic E-state index is 13.9. The summed E-state index contributed by atoms with van der Waals surface area (Å²) in [6, 6.07) is 19.2. The van der Waals surface area contributed by atoms with Gasteiger partial charge in [0.2, 0.25) is 0 Å². The molecule has 0 amide bonds. The van der Waals surface area contributed by atoms with Gasteiger partial charge in [0.25, 0.3) is 0 Å². The number of hydrogen-bond acceptors (Lipinski definition) is 2. The van der Waals surface area contributed by atoms with Crippen molar-refractivity contribution in [2.75, 3.05) is 5.32 Å². The number of benzene rings is 2. The predicted octanol–water partition coefficient (Wildman–Crippen LogP) is 5.17. The molecule has 0 aliphatic rings. The van der Waals surface area contributed by atoms with E-state index in [2.05, 4.69) is 5.32 Å². The van der Waals surface area contributed by atoms with Crippen LogP contribution in [0, 0.1) is 5.82 Å². The van der Waals surface area contributed by atoms with Crippen molar-refractivity contribution < 1.29 is 4.39 Å². The van der Waals surface area contributed by atoms with Gasteiger partial charge in [-0.2, -0.15) is 0 Å². The fraction of sp³-hybridized carbons (Fsp3) is 0.0588. The minimum Gasteiger partial charge on any atom is -0.381 e. The third-order valence-corrected chi connectivity index (χ3v) is 3.99. The Bertz CT molecular complexity index is 677. The summed E-state index contributed by atoms with van der Waals surface area (Å²) in [5.41, 5.74) is 2.81. The summed E-state index contributed by atoms with van der Waals surface area (Å²) in [4.78, 5) is 0.962. The summed E-state index contributed by atoms with van der Waals surface area (Å²) in [6.45, 7) is 0.683. The molecule has 3 heteroatoms. The molecule has 1 N–H and O–H groups in total. The van der Waals surface area contributed by atoms with Gasteiger partial charge in [0.05, 0.1) is 0 Å². The first-order valence-electron chi connectivity index (χ1n) is 6.44. The van der Waals surface area contributed by atoms with Gasteiger partial charge < -0.3 is 5.32 Å². The maximum Gasteiger partial charge on any atom is 0.131 e. The van der Waals surface area contributed by atoms with Crippen molar-refractivity contribution in [3.8, 4) is 10.4 Å². The molecule has 20 heavy (non-hydrogen) atoms. The Labute approximate surface area is 121 Å². The molecule has 1 nitrogen and oxygen atoms in total. The summed E-state index contributed by atoms with van der Waals surface area (Å²) >= 11 is 1.55. The molecule has 0 bridgehead atoms. The van der Waals surface area contributed by atoms with Gasteiger partial charge in [-0.25, -0.2) is 4.39 Å². The topological polar surface area (TPSA) is 12.0 Å². The van der Waals surface area contributed by atoms with E-state index in [1.807, 2.05) is 60.0 Å². The standard InChI is InChI=1S/C17H14FNS/c18-16-9-8-13(11-15(16)17-7-4-10-20-17)12-19-14-5-2-1-3-6-14/h1-11,19H,12H2. The van der Waals surface area contributed by atoms with Gasteiger partial charge in [0, 0.05) is 22.7 Å². The first-order valence-corrected chi connectivity index (χ1v) is 7.32. The van der Waals surface area contributed by atoms with Crippen molar-refractivity contribution in [2.45, 2.75) is 6.54 Å². The predicted molar refractivity (Wildman–Crippen MR) is 83.5 cm³/mol. The van der Waals surface area contributed by atoms with Crippen LogP contribution in [0.4, 0.5) is 10.1 Å². The van der Waals surface area contributed by atoms with Crippen LogP contribution >= 0.6 is 11.3 Å². The first-order chi connectivity index (χ1) is 9.83. The molecule has 0 unspecified atom stereocenters. The van der Waals surface area contributed by atoms with Crippen molar-refractivity contribution in [3.63, 3.8) is 0 Å². The van der Waals surface area contributed by atoms with Crippen molar-refractivity contribution >= 4 is 17.0 Å². The highest BCUT2D eigenvalue weighted by Crippen LogP contribution is 2.28. The van der Waals surface area contributed by atoms with Gasteiger partial charge in [-0.3, -0.25) is 0 Å². The second-order valence-corrected chi connectivity index (χ2v) is 5.46. The molecule has 0 saturated heterocycles. The van der Waals surface area contributed by atoms with E-state index < -0.39 is 0 Å². The number of hydrogen-bond donors (Lipinski definition) is 1. The van der Waals surface area contributed by atoms with E-state index in [4.69, 9.17) is 0 Å². The molecular weight excluding hydrogens is 269 g/mol. The van der Waals surface area contributed by atoms with Gasteiger partial charge in [-0.1, -0.05) is 30.3 Å². The zero-order chi connectivity index (χ0) is 13.8. The summed E-state index contributed by atoms with van der Waals surface area (Å²) in [7, 11) is 0. The molecule has 0 saturated carbocycles. The highest BCUT2D eigenvalue weighted by Gasteiger charge is 2.07. The number of nitrogens with one attached hydrogen (secondary N) is 1. The van der Waals surface area contributed by atoms with Gasteiger partial charge in [0.1, 0.15) is 5.82 Å². The van der Waals surface area contributed by atoms with Gasteiger partial charge >= 0.3 is 0 Å². The second kappa shape index (κ2) is 5.88. The molecule has 0 spiro atoms. The van der Waals surface area contributed by atoms with E-state index in [0.29, 0.717) is 12.1 Å². The van der Waals surface area contributed by atoms with E-state index in [9.17, 15) is 4.39 Å². The van der Waals surface area contributed by atoms with Crippen LogP contribution in [0.5, 0.6) is 0 Å². The molecule has 3 aromatic rings. The lowest BCUT2D eigenvalue weighted by atomic mass is 10.1. The van der Waals surface area contributed by atoms with Crippen LogP contribution in [-0.4, -0.2) is 0 Å². The normalized spacial score (nSPS) is 10.4. The van der Waals surface area contributed by atoms with Gasteiger partial charge in [-0.15, -0.1) is 11.3 Å². The molecular formula is C17H14FNS. The largest absolute Gasteiger partial charge is 0.381 e. The summed E-state index contributed by atoms with van der Waals surface area (Å²) in [6.07, 6.45) is 0. The Balaban J connectivity index is 1.79.